The van der Waals surface area contributed by atoms with E-state index < -0.39 is 0 Å². The summed E-state index contributed by atoms with van der Waals surface area (Å²) in [7, 11) is 2.04. The Morgan fingerprint density at radius 1 is 1.15 bits per heavy atom. The monoisotopic (exact) mass is 273 g/mol. The smallest absolute Gasteiger partial charge is 0.272 e. The number of rotatable bonds is 1. The molecule has 0 unspecified atom stereocenters. The zero-order valence-electron chi connectivity index (χ0n) is 11.3. The van der Waals surface area contributed by atoms with Crippen LogP contribution in [0.4, 0.5) is 4.39 Å². The van der Waals surface area contributed by atoms with Gasteiger partial charge in [0.2, 0.25) is 0 Å². The van der Waals surface area contributed by atoms with Gasteiger partial charge in [0.25, 0.3) is 5.91 Å². The van der Waals surface area contributed by atoms with E-state index in [0.717, 1.165) is 18.5 Å². The fourth-order valence-electron chi connectivity index (χ4n) is 2.38. The zero-order chi connectivity index (χ0) is 14.1. The maximum Gasteiger partial charge on any atom is 0.272 e. The van der Waals surface area contributed by atoms with Gasteiger partial charge < -0.3 is 9.80 Å². The largest absolute Gasteiger partial charge is 0.335 e. The van der Waals surface area contributed by atoms with Crippen molar-refractivity contribution in [2.24, 2.45) is 0 Å². The van der Waals surface area contributed by atoms with Crippen LogP contribution in [0.25, 0.3) is 10.9 Å². The molecule has 1 aliphatic rings. The highest BCUT2D eigenvalue weighted by Crippen LogP contribution is 2.15. The maximum atomic E-state index is 13.2. The van der Waals surface area contributed by atoms with Crippen LogP contribution in [-0.2, 0) is 0 Å². The molecule has 0 aliphatic carbocycles. The SMILES string of the molecule is CN1CCN(C(=O)c2ccc3ccc(F)cc3n2)CC1. The van der Waals surface area contributed by atoms with Crippen LogP contribution >= 0.6 is 0 Å². The molecule has 0 spiro atoms. The molecule has 0 N–H and O–H groups in total. The average Bonchev–Trinajstić information content (AvgIpc) is 2.46. The van der Waals surface area contributed by atoms with Gasteiger partial charge in [-0.05, 0) is 25.2 Å². The maximum absolute atomic E-state index is 13.2. The Kier molecular flexibility index (Phi) is 3.36. The lowest BCUT2D eigenvalue weighted by molar-refractivity contribution is 0.0658. The third-order valence-electron chi connectivity index (χ3n) is 3.66. The van der Waals surface area contributed by atoms with Crippen LogP contribution in [0, 0.1) is 5.82 Å². The van der Waals surface area contributed by atoms with Crippen molar-refractivity contribution in [2.75, 3.05) is 33.2 Å². The first-order valence-electron chi connectivity index (χ1n) is 6.67. The van der Waals surface area contributed by atoms with Crippen molar-refractivity contribution in [2.45, 2.75) is 0 Å². The van der Waals surface area contributed by atoms with E-state index >= 15 is 0 Å². The molecule has 0 bridgehead atoms. The molecular weight excluding hydrogens is 257 g/mol. The number of carbonyl (C=O) groups excluding carboxylic acids is 1. The van der Waals surface area contributed by atoms with Crippen LogP contribution in [0.2, 0.25) is 0 Å². The Morgan fingerprint density at radius 3 is 2.60 bits per heavy atom. The van der Waals surface area contributed by atoms with Crippen molar-refractivity contribution in [3.8, 4) is 0 Å². The number of halogens is 1. The first kappa shape index (κ1) is 13.0. The minimum Gasteiger partial charge on any atom is -0.335 e. The van der Waals surface area contributed by atoms with Gasteiger partial charge in [0.15, 0.2) is 0 Å². The summed E-state index contributed by atoms with van der Waals surface area (Å²) in [5, 5.41) is 0.835. The summed E-state index contributed by atoms with van der Waals surface area (Å²) in [6.45, 7) is 3.15. The van der Waals surface area contributed by atoms with Gasteiger partial charge in [0.1, 0.15) is 11.5 Å². The van der Waals surface area contributed by atoms with Crippen LogP contribution in [-0.4, -0.2) is 53.9 Å². The van der Waals surface area contributed by atoms with Crippen LogP contribution in [0.5, 0.6) is 0 Å². The number of hydrogen-bond acceptors (Lipinski definition) is 3. The molecule has 2 aromatic rings. The first-order valence-corrected chi connectivity index (χ1v) is 6.67. The second-order valence-corrected chi connectivity index (χ2v) is 5.13. The summed E-state index contributed by atoms with van der Waals surface area (Å²) in [4.78, 5) is 20.7. The molecule has 0 atom stereocenters. The van der Waals surface area contributed by atoms with Gasteiger partial charge in [-0.15, -0.1) is 0 Å². The summed E-state index contributed by atoms with van der Waals surface area (Å²) in [5.41, 5.74) is 0.901. The molecular formula is C15H16FN3O. The minimum absolute atomic E-state index is 0.0794. The van der Waals surface area contributed by atoms with E-state index in [1.807, 2.05) is 13.1 Å². The van der Waals surface area contributed by atoms with Gasteiger partial charge >= 0.3 is 0 Å². The quantitative estimate of drug-likeness (QED) is 0.794. The number of pyridine rings is 1. The highest BCUT2D eigenvalue weighted by Gasteiger charge is 2.21. The molecule has 0 saturated carbocycles. The lowest BCUT2D eigenvalue weighted by Gasteiger charge is -2.32. The van der Waals surface area contributed by atoms with E-state index in [0.29, 0.717) is 24.3 Å². The lowest BCUT2D eigenvalue weighted by atomic mass is 10.2. The highest BCUT2D eigenvalue weighted by atomic mass is 19.1. The van der Waals surface area contributed by atoms with Gasteiger partial charge in [-0.2, -0.15) is 0 Å². The second-order valence-electron chi connectivity index (χ2n) is 5.13. The lowest BCUT2D eigenvalue weighted by Crippen LogP contribution is -2.47. The minimum atomic E-state index is -0.339. The molecule has 1 saturated heterocycles. The van der Waals surface area contributed by atoms with Crippen molar-refractivity contribution in [3.63, 3.8) is 0 Å². The van der Waals surface area contributed by atoms with Crippen molar-refractivity contribution in [1.82, 2.24) is 14.8 Å². The van der Waals surface area contributed by atoms with Gasteiger partial charge in [-0.1, -0.05) is 6.07 Å². The standard InChI is InChI=1S/C15H16FN3O/c1-18-6-8-19(9-7-18)15(20)13-5-3-11-2-4-12(16)10-14(11)17-13/h2-5,10H,6-9H2,1H3. The van der Waals surface area contributed by atoms with Crippen LogP contribution in [0.3, 0.4) is 0 Å². The number of likely N-dealkylation sites (N-methyl/N-ethyl adjacent to an activating group) is 1. The molecule has 2 heterocycles. The number of hydrogen-bond donors (Lipinski definition) is 0. The molecule has 1 aromatic carbocycles. The molecule has 1 aromatic heterocycles. The normalized spacial score (nSPS) is 16.6. The number of carbonyl (C=O) groups is 1. The van der Waals surface area contributed by atoms with Crippen molar-refractivity contribution < 1.29 is 9.18 Å². The van der Waals surface area contributed by atoms with E-state index in [4.69, 9.17) is 0 Å². The van der Waals surface area contributed by atoms with Crippen molar-refractivity contribution >= 4 is 16.8 Å². The summed E-state index contributed by atoms with van der Waals surface area (Å²) >= 11 is 0. The topological polar surface area (TPSA) is 36.4 Å². The molecule has 0 radical (unpaired) electrons. The zero-order valence-corrected chi connectivity index (χ0v) is 11.3. The second kappa shape index (κ2) is 5.17. The van der Waals surface area contributed by atoms with Gasteiger partial charge in [0.05, 0.1) is 5.52 Å². The van der Waals surface area contributed by atoms with Crippen LogP contribution < -0.4 is 0 Å². The molecule has 5 heteroatoms. The van der Waals surface area contributed by atoms with Crippen molar-refractivity contribution in [1.29, 1.82) is 0 Å². The fourth-order valence-corrected chi connectivity index (χ4v) is 2.38. The number of amides is 1. The number of benzene rings is 1. The molecule has 1 fully saturated rings. The molecule has 4 nitrogen and oxygen atoms in total. The fraction of sp³-hybridized carbons (Fsp3) is 0.333. The van der Waals surface area contributed by atoms with E-state index in [2.05, 4.69) is 9.88 Å². The Hall–Kier alpha value is -2.01. The molecule has 3 rings (SSSR count). The van der Waals surface area contributed by atoms with E-state index in [9.17, 15) is 9.18 Å². The molecule has 1 aliphatic heterocycles. The van der Waals surface area contributed by atoms with E-state index in [1.54, 1.807) is 17.0 Å². The Balaban J connectivity index is 1.87. The third kappa shape index (κ3) is 2.49. The van der Waals surface area contributed by atoms with Gasteiger partial charge in [-0.3, -0.25) is 4.79 Å². The molecule has 20 heavy (non-hydrogen) atoms. The predicted molar refractivity (Wildman–Crippen MR) is 75.1 cm³/mol. The molecule has 1 amide bonds. The first-order chi connectivity index (χ1) is 9.63. The predicted octanol–water partition coefficient (Wildman–Crippen LogP) is 1.76. The number of nitrogens with zero attached hydrogens (tertiary/aromatic N) is 3. The summed E-state index contributed by atoms with van der Waals surface area (Å²) in [5.74, 6) is -0.418. The van der Waals surface area contributed by atoms with Gasteiger partial charge in [0, 0.05) is 37.6 Å². The van der Waals surface area contributed by atoms with Crippen LogP contribution in [0.15, 0.2) is 30.3 Å². The Labute approximate surface area is 116 Å². The van der Waals surface area contributed by atoms with Crippen LogP contribution in [0.1, 0.15) is 10.5 Å². The third-order valence-corrected chi connectivity index (χ3v) is 3.66. The molecule has 104 valence electrons. The Bertz CT molecular complexity index is 651. The van der Waals surface area contributed by atoms with Gasteiger partial charge in [-0.25, -0.2) is 9.37 Å². The number of piperazine rings is 1. The number of aromatic nitrogens is 1. The number of fused-ring (bicyclic) bond motifs is 1. The highest BCUT2D eigenvalue weighted by molar-refractivity contribution is 5.95. The summed E-state index contributed by atoms with van der Waals surface area (Å²) in [6.07, 6.45) is 0. The van der Waals surface area contributed by atoms with Crippen molar-refractivity contribution in [3.05, 3.63) is 41.8 Å². The summed E-state index contributed by atoms with van der Waals surface area (Å²) in [6, 6.07) is 7.94. The van der Waals surface area contributed by atoms with E-state index in [1.165, 1.54) is 12.1 Å². The summed E-state index contributed by atoms with van der Waals surface area (Å²) < 4.78 is 13.2. The average molecular weight is 273 g/mol. The Morgan fingerprint density at radius 2 is 1.85 bits per heavy atom. The van der Waals surface area contributed by atoms with E-state index in [-0.39, 0.29) is 11.7 Å².